The van der Waals surface area contributed by atoms with Gasteiger partial charge in [-0.3, -0.25) is 4.79 Å². The van der Waals surface area contributed by atoms with E-state index >= 15 is 0 Å². The van der Waals surface area contributed by atoms with Gasteiger partial charge < -0.3 is 5.32 Å². The number of nitrogens with zero attached hydrogens (tertiary/aromatic N) is 3. The zero-order chi connectivity index (χ0) is 10.4. The highest BCUT2D eigenvalue weighted by Gasteiger charge is 2.12. The van der Waals surface area contributed by atoms with E-state index < -0.39 is 0 Å². The molecule has 0 saturated heterocycles. The molecule has 14 heavy (non-hydrogen) atoms. The minimum Gasteiger partial charge on any atom is -0.346 e. The van der Waals surface area contributed by atoms with Crippen LogP contribution in [0.3, 0.4) is 0 Å². The smallest absolute Gasteiger partial charge is 0.293 e. The SMILES string of the molecule is CCSCC(C)NC(=O)c1nn[nH]n1. The van der Waals surface area contributed by atoms with Crippen LogP contribution in [-0.4, -0.2) is 44.1 Å². The van der Waals surface area contributed by atoms with Crippen LogP contribution in [0.5, 0.6) is 0 Å². The van der Waals surface area contributed by atoms with Crippen LogP contribution in [0.25, 0.3) is 0 Å². The summed E-state index contributed by atoms with van der Waals surface area (Å²) in [7, 11) is 0. The van der Waals surface area contributed by atoms with Crippen molar-refractivity contribution in [3.05, 3.63) is 5.82 Å². The summed E-state index contributed by atoms with van der Waals surface area (Å²) < 4.78 is 0. The molecule has 0 bridgehead atoms. The van der Waals surface area contributed by atoms with E-state index in [0.717, 1.165) is 11.5 Å². The topological polar surface area (TPSA) is 83.6 Å². The van der Waals surface area contributed by atoms with Crippen molar-refractivity contribution in [1.82, 2.24) is 25.9 Å². The van der Waals surface area contributed by atoms with Gasteiger partial charge in [-0.25, -0.2) is 0 Å². The summed E-state index contributed by atoms with van der Waals surface area (Å²) in [6.07, 6.45) is 0. The quantitative estimate of drug-likeness (QED) is 0.726. The molecule has 1 rings (SSSR count). The number of H-pyrrole nitrogens is 1. The van der Waals surface area contributed by atoms with E-state index in [1.807, 2.05) is 6.92 Å². The second-order valence-corrected chi connectivity index (χ2v) is 4.09. The summed E-state index contributed by atoms with van der Waals surface area (Å²) in [6, 6.07) is 0.117. The zero-order valence-corrected chi connectivity index (χ0v) is 8.97. The number of aromatic amines is 1. The van der Waals surface area contributed by atoms with Gasteiger partial charge in [-0.05, 0) is 17.9 Å². The Labute approximate surface area is 86.2 Å². The summed E-state index contributed by atoms with van der Waals surface area (Å²) in [6.45, 7) is 4.03. The van der Waals surface area contributed by atoms with Crippen LogP contribution >= 0.6 is 11.8 Å². The van der Waals surface area contributed by atoms with Crippen molar-refractivity contribution < 1.29 is 4.79 Å². The molecule has 1 atom stereocenters. The zero-order valence-electron chi connectivity index (χ0n) is 8.15. The molecule has 2 N–H and O–H groups in total. The van der Waals surface area contributed by atoms with Crippen molar-refractivity contribution in [2.24, 2.45) is 0 Å². The monoisotopic (exact) mass is 215 g/mol. The predicted octanol–water partition coefficient (Wildman–Crippen LogP) is 0.0711. The fraction of sp³-hybridized carbons (Fsp3) is 0.714. The molecular formula is C7H13N5OS. The maximum absolute atomic E-state index is 11.4. The fourth-order valence-corrected chi connectivity index (χ4v) is 1.56. The molecular weight excluding hydrogens is 202 g/mol. The number of hydrogen-bond acceptors (Lipinski definition) is 5. The minimum atomic E-state index is -0.289. The van der Waals surface area contributed by atoms with Crippen molar-refractivity contribution >= 4 is 17.7 Å². The van der Waals surface area contributed by atoms with E-state index in [1.54, 1.807) is 11.8 Å². The molecule has 0 radical (unpaired) electrons. The molecule has 0 spiro atoms. The summed E-state index contributed by atoms with van der Waals surface area (Å²) in [4.78, 5) is 11.4. The maximum atomic E-state index is 11.4. The second kappa shape index (κ2) is 5.58. The van der Waals surface area contributed by atoms with E-state index in [2.05, 4.69) is 32.9 Å². The average Bonchev–Trinajstić information content (AvgIpc) is 2.67. The fourth-order valence-electron chi connectivity index (χ4n) is 0.883. The lowest BCUT2D eigenvalue weighted by Crippen LogP contribution is -2.35. The first-order chi connectivity index (χ1) is 6.74. The van der Waals surface area contributed by atoms with Crippen molar-refractivity contribution in [1.29, 1.82) is 0 Å². The first-order valence-corrected chi connectivity index (χ1v) is 5.51. The largest absolute Gasteiger partial charge is 0.346 e. The molecule has 1 heterocycles. The predicted molar refractivity (Wildman–Crippen MR) is 54.1 cm³/mol. The van der Waals surface area contributed by atoms with E-state index in [4.69, 9.17) is 0 Å². The van der Waals surface area contributed by atoms with E-state index in [9.17, 15) is 4.79 Å². The lowest BCUT2D eigenvalue weighted by atomic mass is 10.4. The number of hydrogen-bond donors (Lipinski definition) is 2. The van der Waals surface area contributed by atoms with Crippen LogP contribution in [0.2, 0.25) is 0 Å². The van der Waals surface area contributed by atoms with Crippen molar-refractivity contribution in [3.63, 3.8) is 0 Å². The minimum absolute atomic E-state index is 0.0818. The molecule has 1 aromatic rings. The van der Waals surface area contributed by atoms with Gasteiger partial charge in [-0.15, -0.1) is 10.2 Å². The summed E-state index contributed by atoms with van der Waals surface area (Å²) >= 11 is 1.78. The third-order valence-corrected chi connectivity index (χ3v) is 2.64. The molecule has 0 aliphatic heterocycles. The van der Waals surface area contributed by atoms with Gasteiger partial charge in [0.05, 0.1) is 0 Å². The van der Waals surface area contributed by atoms with Gasteiger partial charge in [0.1, 0.15) is 0 Å². The van der Waals surface area contributed by atoms with Crippen molar-refractivity contribution in [3.8, 4) is 0 Å². The Bertz CT molecular complexity index is 276. The molecule has 0 saturated carbocycles. The second-order valence-electron chi connectivity index (χ2n) is 2.77. The number of carbonyl (C=O) groups is 1. The normalized spacial score (nSPS) is 12.4. The van der Waals surface area contributed by atoms with E-state index in [-0.39, 0.29) is 17.8 Å². The summed E-state index contributed by atoms with van der Waals surface area (Å²) in [5.74, 6) is 1.73. The lowest BCUT2D eigenvalue weighted by molar-refractivity contribution is 0.0933. The number of rotatable bonds is 5. The standard InChI is InChI=1S/C7H13N5OS/c1-3-14-4-5(2)8-7(13)6-9-11-12-10-6/h5H,3-4H2,1-2H3,(H,8,13)(H,9,10,11,12). The third-order valence-electron chi connectivity index (χ3n) is 1.50. The number of amides is 1. The average molecular weight is 215 g/mol. The molecule has 1 unspecified atom stereocenters. The van der Waals surface area contributed by atoms with Crippen LogP contribution in [0.1, 0.15) is 24.5 Å². The van der Waals surface area contributed by atoms with Gasteiger partial charge in [0.2, 0.25) is 0 Å². The van der Waals surface area contributed by atoms with Gasteiger partial charge >= 0.3 is 0 Å². The van der Waals surface area contributed by atoms with Gasteiger partial charge in [-0.1, -0.05) is 6.92 Å². The number of thioether (sulfide) groups is 1. The van der Waals surface area contributed by atoms with Gasteiger partial charge in [0, 0.05) is 11.8 Å². The van der Waals surface area contributed by atoms with E-state index in [1.165, 1.54) is 0 Å². The van der Waals surface area contributed by atoms with Crippen LogP contribution in [0.4, 0.5) is 0 Å². The molecule has 0 aliphatic carbocycles. The Morgan fingerprint density at radius 2 is 2.50 bits per heavy atom. The van der Waals surface area contributed by atoms with Crippen molar-refractivity contribution in [2.75, 3.05) is 11.5 Å². The van der Waals surface area contributed by atoms with Crippen LogP contribution in [-0.2, 0) is 0 Å². The molecule has 0 aliphatic rings. The van der Waals surface area contributed by atoms with Gasteiger partial charge in [-0.2, -0.15) is 17.0 Å². The molecule has 78 valence electrons. The maximum Gasteiger partial charge on any atom is 0.293 e. The van der Waals surface area contributed by atoms with Gasteiger partial charge in [0.25, 0.3) is 11.7 Å². The van der Waals surface area contributed by atoms with Gasteiger partial charge in [0.15, 0.2) is 0 Å². The lowest BCUT2D eigenvalue weighted by Gasteiger charge is -2.10. The number of nitrogens with one attached hydrogen (secondary N) is 2. The first-order valence-electron chi connectivity index (χ1n) is 4.36. The number of aromatic nitrogens is 4. The number of tetrazole rings is 1. The van der Waals surface area contributed by atoms with E-state index in [0.29, 0.717) is 0 Å². The number of carbonyl (C=O) groups excluding carboxylic acids is 1. The third kappa shape index (κ3) is 3.33. The Morgan fingerprint density at radius 1 is 1.71 bits per heavy atom. The Kier molecular flexibility index (Phi) is 4.37. The Hall–Kier alpha value is -1.11. The molecule has 1 aromatic heterocycles. The molecule has 6 nitrogen and oxygen atoms in total. The highest BCUT2D eigenvalue weighted by molar-refractivity contribution is 7.99. The molecule has 1 amide bonds. The van der Waals surface area contributed by atoms with Crippen molar-refractivity contribution in [2.45, 2.75) is 19.9 Å². The van der Waals surface area contributed by atoms with Crippen LogP contribution < -0.4 is 5.32 Å². The highest BCUT2D eigenvalue weighted by atomic mass is 32.2. The molecule has 7 heteroatoms. The van der Waals surface area contributed by atoms with Crippen LogP contribution in [0, 0.1) is 0 Å². The molecule has 0 fully saturated rings. The van der Waals surface area contributed by atoms with Crippen LogP contribution in [0.15, 0.2) is 0 Å². The first kappa shape index (κ1) is 11.0. The molecule has 0 aromatic carbocycles. The Balaban J connectivity index is 2.34. The Morgan fingerprint density at radius 3 is 3.07 bits per heavy atom. The summed E-state index contributed by atoms with van der Waals surface area (Å²) in [5.41, 5.74) is 0. The summed E-state index contributed by atoms with van der Waals surface area (Å²) in [5, 5.41) is 15.5. The highest BCUT2D eigenvalue weighted by Crippen LogP contribution is 2.01.